The first-order valence-electron chi connectivity index (χ1n) is 7.48. The van der Waals surface area contributed by atoms with E-state index in [-0.39, 0.29) is 23.8 Å². The van der Waals surface area contributed by atoms with Crippen LogP contribution in [0.4, 0.5) is 4.39 Å². The minimum Gasteiger partial charge on any atom is -0.488 e. The number of rotatable bonds is 7. The van der Waals surface area contributed by atoms with Crippen molar-refractivity contribution in [3.05, 3.63) is 30.1 Å². The van der Waals surface area contributed by atoms with E-state index in [9.17, 15) is 4.39 Å². The Bertz CT molecular complexity index is 420. The molecular formula is C16H24FNO3. The molecule has 0 aliphatic carbocycles. The van der Waals surface area contributed by atoms with Gasteiger partial charge in [-0.3, -0.25) is 4.90 Å². The summed E-state index contributed by atoms with van der Waals surface area (Å²) in [4.78, 5) is 2.34. The zero-order valence-corrected chi connectivity index (χ0v) is 12.8. The van der Waals surface area contributed by atoms with Crippen molar-refractivity contribution < 1.29 is 18.6 Å². The van der Waals surface area contributed by atoms with Gasteiger partial charge in [-0.1, -0.05) is 12.1 Å². The van der Waals surface area contributed by atoms with E-state index in [1.54, 1.807) is 18.2 Å². The fourth-order valence-electron chi connectivity index (χ4n) is 2.54. The van der Waals surface area contributed by atoms with E-state index in [4.69, 9.17) is 14.2 Å². The first kappa shape index (κ1) is 16.2. The summed E-state index contributed by atoms with van der Waals surface area (Å²) >= 11 is 0. The van der Waals surface area contributed by atoms with E-state index in [1.807, 2.05) is 0 Å². The Balaban J connectivity index is 1.55. The molecule has 0 amide bonds. The largest absolute Gasteiger partial charge is 0.488 e. The van der Waals surface area contributed by atoms with Gasteiger partial charge in [-0.2, -0.15) is 0 Å². The Kier molecular flexibility index (Phi) is 6.42. The first-order valence-corrected chi connectivity index (χ1v) is 7.48. The Morgan fingerprint density at radius 3 is 2.57 bits per heavy atom. The fraction of sp³-hybridized carbons (Fsp3) is 0.625. The summed E-state index contributed by atoms with van der Waals surface area (Å²) in [5.41, 5.74) is 0. The second-order valence-corrected chi connectivity index (χ2v) is 5.41. The van der Waals surface area contributed by atoms with E-state index in [0.717, 1.165) is 19.6 Å². The Hall–Kier alpha value is -1.17. The lowest BCUT2D eigenvalue weighted by molar-refractivity contribution is -0.0734. The molecule has 0 saturated carbocycles. The highest BCUT2D eigenvalue weighted by molar-refractivity contribution is 5.23. The van der Waals surface area contributed by atoms with Gasteiger partial charge in [0.05, 0.1) is 25.4 Å². The maximum Gasteiger partial charge on any atom is 0.165 e. The summed E-state index contributed by atoms with van der Waals surface area (Å²) in [6, 6.07) is 6.39. The number of hydrogen-bond donors (Lipinski definition) is 0. The average Bonchev–Trinajstić information content (AvgIpc) is 2.43. The molecule has 1 heterocycles. The Labute approximate surface area is 125 Å². The molecule has 4 nitrogen and oxygen atoms in total. The highest BCUT2D eigenvalue weighted by Crippen LogP contribution is 2.15. The van der Waals surface area contributed by atoms with Gasteiger partial charge in [0.25, 0.3) is 0 Å². The summed E-state index contributed by atoms with van der Waals surface area (Å²) < 4.78 is 29.8. The highest BCUT2D eigenvalue weighted by Gasteiger charge is 2.21. The monoisotopic (exact) mass is 297 g/mol. The quantitative estimate of drug-likeness (QED) is 0.723. The van der Waals surface area contributed by atoms with Crippen LogP contribution in [-0.2, 0) is 9.47 Å². The molecule has 1 saturated heterocycles. The van der Waals surface area contributed by atoms with Crippen LogP contribution in [0.1, 0.15) is 13.8 Å². The third-order valence-corrected chi connectivity index (χ3v) is 3.37. The topological polar surface area (TPSA) is 30.9 Å². The lowest BCUT2D eigenvalue weighted by Gasteiger charge is -2.35. The summed E-state index contributed by atoms with van der Waals surface area (Å²) in [6.45, 7) is 8.43. The minimum atomic E-state index is -0.339. The molecule has 1 fully saturated rings. The van der Waals surface area contributed by atoms with Crippen molar-refractivity contribution in [2.24, 2.45) is 0 Å². The summed E-state index contributed by atoms with van der Waals surface area (Å²) in [6.07, 6.45) is 0.552. The van der Waals surface area contributed by atoms with E-state index < -0.39 is 0 Å². The van der Waals surface area contributed by atoms with Gasteiger partial charge in [-0.05, 0) is 26.0 Å². The molecule has 118 valence electrons. The van der Waals surface area contributed by atoms with Crippen molar-refractivity contribution in [1.82, 2.24) is 4.90 Å². The molecule has 0 radical (unpaired) electrons. The molecule has 21 heavy (non-hydrogen) atoms. The molecule has 1 aliphatic rings. The van der Waals surface area contributed by atoms with Crippen LogP contribution >= 0.6 is 0 Å². The molecule has 5 heteroatoms. The molecule has 2 rings (SSSR count). The lowest BCUT2D eigenvalue weighted by Crippen LogP contribution is -2.46. The second-order valence-electron chi connectivity index (χ2n) is 5.41. The van der Waals surface area contributed by atoms with Crippen molar-refractivity contribution >= 4 is 0 Å². The molecule has 2 atom stereocenters. The molecule has 0 spiro atoms. The van der Waals surface area contributed by atoms with Crippen molar-refractivity contribution in [2.75, 3.05) is 39.5 Å². The Morgan fingerprint density at radius 2 is 1.86 bits per heavy atom. The molecule has 0 N–H and O–H groups in total. The number of morpholine rings is 1. The first-order chi connectivity index (χ1) is 10.1. The van der Waals surface area contributed by atoms with Crippen LogP contribution in [0.15, 0.2) is 24.3 Å². The fourth-order valence-corrected chi connectivity index (χ4v) is 2.54. The number of hydrogen-bond acceptors (Lipinski definition) is 4. The van der Waals surface area contributed by atoms with Crippen LogP contribution in [0.2, 0.25) is 0 Å². The van der Waals surface area contributed by atoms with Crippen LogP contribution in [0.25, 0.3) is 0 Å². The van der Waals surface area contributed by atoms with Crippen molar-refractivity contribution in [2.45, 2.75) is 26.1 Å². The van der Waals surface area contributed by atoms with Crippen molar-refractivity contribution in [3.8, 4) is 5.75 Å². The van der Waals surface area contributed by atoms with Crippen molar-refractivity contribution in [1.29, 1.82) is 0 Å². The number of halogens is 1. The van der Waals surface area contributed by atoms with E-state index in [2.05, 4.69) is 18.7 Å². The number of benzene rings is 1. The van der Waals surface area contributed by atoms with Crippen LogP contribution in [0, 0.1) is 5.82 Å². The van der Waals surface area contributed by atoms with Gasteiger partial charge in [0.15, 0.2) is 11.6 Å². The van der Waals surface area contributed by atoms with Gasteiger partial charge >= 0.3 is 0 Å². The normalized spacial score (nSPS) is 23.2. The minimum absolute atomic E-state index is 0.275. The van der Waals surface area contributed by atoms with E-state index in [0.29, 0.717) is 19.8 Å². The number of nitrogens with zero attached hydrogens (tertiary/aromatic N) is 1. The molecule has 0 unspecified atom stereocenters. The second kappa shape index (κ2) is 8.32. The number of ether oxygens (including phenoxy) is 3. The maximum absolute atomic E-state index is 13.3. The summed E-state index contributed by atoms with van der Waals surface area (Å²) in [5.74, 6) is -0.0641. The van der Waals surface area contributed by atoms with Gasteiger partial charge in [-0.15, -0.1) is 0 Å². The van der Waals surface area contributed by atoms with Gasteiger partial charge in [0.1, 0.15) is 6.61 Å². The van der Waals surface area contributed by atoms with E-state index in [1.165, 1.54) is 6.07 Å². The van der Waals surface area contributed by atoms with Gasteiger partial charge in [0.2, 0.25) is 0 Å². The molecule has 1 aromatic carbocycles. The maximum atomic E-state index is 13.3. The summed E-state index contributed by atoms with van der Waals surface area (Å²) in [5, 5.41) is 0. The number of para-hydroxylation sites is 1. The van der Waals surface area contributed by atoms with Crippen LogP contribution in [0.3, 0.4) is 0 Å². The molecule has 1 aromatic rings. The Morgan fingerprint density at radius 1 is 1.14 bits per heavy atom. The van der Waals surface area contributed by atoms with Crippen LogP contribution in [-0.4, -0.2) is 56.6 Å². The SMILES string of the molecule is C[C@@H]1CN(CCOCCOc2ccccc2F)C[C@@H](C)O1. The van der Waals surface area contributed by atoms with E-state index >= 15 is 0 Å². The lowest BCUT2D eigenvalue weighted by atomic mass is 10.2. The average molecular weight is 297 g/mol. The van der Waals surface area contributed by atoms with Crippen LogP contribution in [0.5, 0.6) is 5.75 Å². The molecule has 0 bridgehead atoms. The zero-order chi connectivity index (χ0) is 15.1. The van der Waals surface area contributed by atoms with Crippen LogP contribution < -0.4 is 4.74 Å². The predicted molar refractivity (Wildman–Crippen MR) is 79.2 cm³/mol. The third-order valence-electron chi connectivity index (χ3n) is 3.37. The van der Waals surface area contributed by atoms with Gasteiger partial charge in [0, 0.05) is 19.6 Å². The highest BCUT2D eigenvalue weighted by atomic mass is 19.1. The van der Waals surface area contributed by atoms with Crippen molar-refractivity contribution in [3.63, 3.8) is 0 Å². The van der Waals surface area contributed by atoms with Gasteiger partial charge in [-0.25, -0.2) is 4.39 Å². The standard InChI is InChI=1S/C16H24FNO3/c1-13-11-18(12-14(2)21-13)7-8-19-9-10-20-16-6-4-3-5-15(16)17/h3-6,13-14H,7-12H2,1-2H3/t13-,14-/m1/s1. The summed E-state index contributed by atoms with van der Waals surface area (Å²) in [7, 11) is 0. The smallest absolute Gasteiger partial charge is 0.165 e. The predicted octanol–water partition coefficient (Wildman–Crippen LogP) is 2.33. The molecule has 1 aliphatic heterocycles. The molecular weight excluding hydrogens is 273 g/mol. The van der Waals surface area contributed by atoms with Gasteiger partial charge < -0.3 is 14.2 Å². The zero-order valence-electron chi connectivity index (χ0n) is 12.8. The third kappa shape index (κ3) is 5.61. The molecule has 0 aromatic heterocycles.